The van der Waals surface area contributed by atoms with E-state index in [1.54, 1.807) is 0 Å². The molecule has 0 N–H and O–H groups in total. The highest BCUT2D eigenvalue weighted by molar-refractivity contribution is 5.97. The summed E-state index contributed by atoms with van der Waals surface area (Å²) < 4.78 is 5.38. The summed E-state index contributed by atoms with van der Waals surface area (Å²) in [5.74, 6) is 0.467. The van der Waals surface area contributed by atoms with Crippen molar-refractivity contribution in [1.29, 1.82) is 0 Å². The number of nitrogens with zero attached hydrogens (tertiary/aromatic N) is 1. The lowest BCUT2D eigenvalue weighted by molar-refractivity contribution is -0.125. The standard InChI is InChI=1S/C17H23NO2/c1-2-13-5-3-6-14-7-4-10-18(16(13)14)17(19)15-8-11-20-12-9-15/h3,5-6,15H,2,4,7-12H2,1H3. The first-order valence-corrected chi connectivity index (χ1v) is 7.81. The highest BCUT2D eigenvalue weighted by Gasteiger charge is 2.30. The Kier molecular flexibility index (Phi) is 4.06. The minimum Gasteiger partial charge on any atom is -0.381 e. The lowest BCUT2D eigenvalue weighted by Gasteiger charge is -2.35. The van der Waals surface area contributed by atoms with Crippen molar-refractivity contribution >= 4 is 11.6 Å². The van der Waals surface area contributed by atoms with E-state index in [0.29, 0.717) is 5.91 Å². The predicted molar refractivity (Wildman–Crippen MR) is 80.0 cm³/mol. The maximum absolute atomic E-state index is 12.9. The molecule has 2 heterocycles. The molecule has 1 aromatic rings. The molecule has 2 aliphatic rings. The lowest BCUT2D eigenvalue weighted by atomic mass is 9.93. The molecule has 108 valence electrons. The van der Waals surface area contributed by atoms with Gasteiger partial charge in [-0.15, -0.1) is 0 Å². The maximum Gasteiger partial charge on any atom is 0.230 e. The van der Waals surface area contributed by atoms with E-state index >= 15 is 0 Å². The molecule has 3 rings (SSSR count). The molecule has 0 atom stereocenters. The van der Waals surface area contributed by atoms with E-state index in [-0.39, 0.29) is 5.92 Å². The molecule has 20 heavy (non-hydrogen) atoms. The van der Waals surface area contributed by atoms with Crippen molar-refractivity contribution in [3.8, 4) is 0 Å². The van der Waals surface area contributed by atoms with Crippen molar-refractivity contribution in [1.82, 2.24) is 0 Å². The first-order valence-electron chi connectivity index (χ1n) is 7.81. The van der Waals surface area contributed by atoms with Crippen molar-refractivity contribution in [3.05, 3.63) is 29.3 Å². The van der Waals surface area contributed by atoms with Crippen LogP contribution in [0.3, 0.4) is 0 Å². The van der Waals surface area contributed by atoms with Gasteiger partial charge in [0.1, 0.15) is 0 Å². The molecule has 0 unspecified atom stereocenters. The van der Waals surface area contributed by atoms with E-state index in [0.717, 1.165) is 51.9 Å². The fourth-order valence-corrected chi connectivity index (χ4v) is 3.40. The third-order valence-electron chi connectivity index (χ3n) is 4.52. The zero-order valence-corrected chi connectivity index (χ0v) is 12.2. The molecule has 1 saturated heterocycles. The quantitative estimate of drug-likeness (QED) is 0.829. The van der Waals surface area contributed by atoms with Gasteiger partial charge in [0, 0.05) is 31.4 Å². The van der Waals surface area contributed by atoms with Crippen LogP contribution in [0.1, 0.15) is 37.3 Å². The largest absolute Gasteiger partial charge is 0.381 e. The third-order valence-corrected chi connectivity index (χ3v) is 4.52. The summed E-state index contributed by atoms with van der Waals surface area (Å²) in [5.41, 5.74) is 3.86. The number of para-hydroxylation sites is 1. The molecule has 1 fully saturated rings. The smallest absolute Gasteiger partial charge is 0.230 e. The zero-order chi connectivity index (χ0) is 13.9. The fraction of sp³-hybridized carbons (Fsp3) is 0.588. The maximum atomic E-state index is 12.9. The average Bonchev–Trinajstić information content (AvgIpc) is 2.53. The molecule has 0 radical (unpaired) electrons. The predicted octanol–water partition coefficient (Wildman–Crippen LogP) is 2.95. The second kappa shape index (κ2) is 5.96. The van der Waals surface area contributed by atoms with Gasteiger partial charge in [0.2, 0.25) is 5.91 Å². The molecule has 1 aromatic carbocycles. The number of fused-ring (bicyclic) bond motifs is 1. The highest BCUT2D eigenvalue weighted by Crippen LogP contribution is 2.33. The number of hydrogen-bond acceptors (Lipinski definition) is 2. The molecule has 1 amide bonds. The van der Waals surface area contributed by atoms with Crippen LogP contribution in [0.4, 0.5) is 5.69 Å². The Bertz CT molecular complexity index is 478. The fourth-order valence-electron chi connectivity index (χ4n) is 3.40. The van der Waals surface area contributed by atoms with Crippen LogP contribution in [0.2, 0.25) is 0 Å². The van der Waals surface area contributed by atoms with Gasteiger partial charge in [-0.3, -0.25) is 4.79 Å². The topological polar surface area (TPSA) is 29.5 Å². The highest BCUT2D eigenvalue weighted by atomic mass is 16.5. The Morgan fingerprint density at radius 3 is 2.90 bits per heavy atom. The molecule has 0 saturated carbocycles. The van der Waals surface area contributed by atoms with Crippen LogP contribution in [0, 0.1) is 5.92 Å². The van der Waals surface area contributed by atoms with Crippen molar-refractivity contribution in [3.63, 3.8) is 0 Å². The van der Waals surface area contributed by atoms with Gasteiger partial charge in [0.25, 0.3) is 0 Å². The number of carbonyl (C=O) groups is 1. The normalized spacial score (nSPS) is 19.8. The molecule has 0 bridgehead atoms. The summed E-state index contributed by atoms with van der Waals surface area (Å²) in [4.78, 5) is 14.9. The Hall–Kier alpha value is -1.35. The molecule has 0 spiro atoms. The van der Waals surface area contributed by atoms with Gasteiger partial charge in [-0.1, -0.05) is 25.1 Å². The second-order valence-corrected chi connectivity index (χ2v) is 5.76. The minimum absolute atomic E-state index is 0.152. The van der Waals surface area contributed by atoms with Crippen LogP contribution in [-0.2, 0) is 22.4 Å². The summed E-state index contributed by atoms with van der Waals surface area (Å²) in [5, 5.41) is 0. The SMILES string of the molecule is CCc1cccc2c1N(C(=O)C1CCOCC1)CCC2. The Labute approximate surface area is 120 Å². The van der Waals surface area contributed by atoms with Crippen molar-refractivity contribution in [2.45, 2.75) is 39.0 Å². The van der Waals surface area contributed by atoms with Gasteiger partial charge in [0.15, 0.2) is 0 Å². The summed E-state index contributed by atoms with van der Waals surface area (Å²) >= 11 is 0. The number of rotatable bonds is 2. The monoisotopic (exact) mass is 273 g/mol. The van der Waals surface area contributed by atoms with Gasteiger partial charge in [-0.05, 0) is 43.2 Å². The lowest BCUT2D eigenvalue weighted by Crippen LogP contribution is -2.42. The Balaban J connectivity index is 1.90. The summed E-state index contributed by atoms with van der Waals surface area (Å²) in [7, 11) is 0. The molecule has 3 heteroatoms. The van der Waals surface area contributed by atoms with Gasteiger partial charge in [-0.2, -0.15) is 0 Å². The van der Waals surface area contributed by atoms with E-state index in [1.807, 2.05) is 0 Å². The molecule has 0 aliphatic carbocycles. The van der Waals surface area contributed by atoms with Crippen molar-refractivity contribution < 1.29 is 9.53 Å². The summed E-state index contributed by atoms with van der Waals surface area (Å²) in [6.07, 6.45) is 4.91. The molecule has 2 aliphatic heterocycles. The number of aryl methyl sites for hydroxylation is 2. The zero-order valence-electron chi connectivity index (χ0n) is 12.2. The van der Waals surface area contributed by atoms with E-state index in [1.165, 1.54) is 16.8 Å². The number of benzene rings is 1. The Morgan fingerprint density at radius 1 is 1.35 bits per heavy atom. The molecule has 0 aromatic heterocycles. The molecular weight excluding hydrogens is 250 g/mol. The Morgan fingerprint density at radius 2 is 2.15 bits per heavy atom. The number of amides is 1. The first-order chi connectivity index (χ1) is 9.81. The summed E-state index contributed by atoms with van der Waals surface area (Å²) in [6, 6.07) is 6.46. The van der Waals surface area contributed by atoms with Crippen LogP contribution < -0.4 is 4.90 Å². The molecular formula is C17H23NO2. The number of hydrogen-bond donors (Lipinski definition) is 0. The van der Waals surface area contributed by atoms with Crippen molar-refractivity contribution in [2.24, 2.45) is 5.92 Å². The minimum atomic E-state index is 0.152. The van der Waals surface area contributed by atoms with Crippen LogP contribution in [0.25, 0.3) is 0 Å². The van der Waals surface area contributed by atoms with Crippen LogP contribution >= 0.6 is 0 Å². The van der Waals surface area contributed by atoms with E-state index in [4.69, 9.17) is 4.74 Å². The number of anilines is 1. The van der Waals surface area contributed by atoms with Gasteiger partial charge >= 0.3 is 0 Å². The summed E-state index contributed by atoms with van der Waals surface area (Å²) in [6.45, 7) is 4.50. The second-order valence-electron chi connectivity index (χ2n) is 5.76. The van der Waals surface area contributed by atoms with Crippen LogP contribution in [0.15, 0.2) is 18.2 Å². The van der Waals surface area contributed by atoms with E-state index < -0.39 is 0 Å². The number of ether oxygens (including phenoxy) is 1. The van der Waals surface area contributed by atoms with Gasteiger partial charge in [0.05, 0.1) is 0 Å². The van der Waals surface area contributed by atoms with E-state index in [2.05, 4.69) is 30.0 Å². The van der Waals surface area contributed by atoms with E-state index in [9.17, 15) is 4.79 Å². The molecule has 3 nitrogen and oxygen atoms in total. The first kappa shape index (κ1) is 13.6. The van der Waals surface area contributed by atoms with Crippen LogP contribution in [-0.4, -0.2) is 25.7 Å². The van der Waals surface area contributed by atoms with Gasteiger partial charge < -0.3 is 9.64 Å². The van der Waals surface area contributed by atoms with Crippen molar-refractivity contribution in [2.75, 3.05) is 24.7 Å². The number of carbonyl (C=O) groups excluding carboxylic acids is 1. The van der Waals surface area contributed by atoms with Crippen LogP contribution in [0.5, 0.6) is 0 Å². The van der Waals surface area contributed by atoms with Gasteiger partial charge in [-0.25, -0.2) is 0 Å². The third kappa shape index (κ3) is 2.47. The average molecular weight is 273 g/mol.